The lowest BCUT2D eigenvalue weighted by atomic mass is 10.0. The lowest BCUT2D eigenvalue weighted by Gasteiger charge is -2.10. The van der Waals surface area contributed by atoms with Crippen LogP contribution in [0.15, 0.2) is 186 Å². The maximum Gasteiger partial charge on any atom is 0.156 e. The molecule has 0 saturated heterocycles. The van der Waals surface area contributed by atoms with Crippen LogP contribution >= 0.6 is 0 Å². The van der Waals surface area contributed by atoms with Gasteiger partial charge in [-0.2, -0.15) is 0 Å². The molecule has 0 radical (unpaired) electrons. The molecule has 2 aromatic heterocycles. The number of aliphatic imine (C=N–C) groups is 2. The Hall–Kier alpha value is -6.78. The van der Waals surface area contributed by atoms with Gasteiger partial charge in [0.15, 0.2) is 5.84 Å². The molecule has 2 heterocycles. The van der Waals surface area contributed by atoms with Crippen LogP contribution in [0.4, 0.5) is 0 Å². The molecule has 0 spiro atoms. The maximum absolute atomic E-state index is 5.22. The summed E-state index contributed by atoms with van der Waals surface area (Å²) < 4.78 is 4.73. The summed E-state index contributed by atoms with van der Waals surface area (Å²) in [5.41, 5.74) is 7.78. The highest BCUT2D eigenvalue weighted by atomic mass is 15.1. The fourth-order valence-electron chi connectivity index (χ4n) is 7.70. The second kappa shape index (κ2) is 12.0. The number of hydrogen-bond acceptors (Lipinski definition) is 1. The highest BCUT2D eigenvalue weighted by Gasteiger charge is 2.21. The fourth-order valence-corrected chi connectivity index (χ4v) is 7.70. The summed E-state index contributed by atoms with van der Waals surface area (Å²) in [5.74, 6) is 0.692. The van der Waals surface area contributed by atoms with Gasteiger partial charge in [-0.05, 0) is 57.4 Å². The first kappa shape index (κ1) is 29.2. The van der Waals surface area contributed by atoms with Gasteiger partial charge < -0.3 is 4.57 Å². The van der Waals surface area contributed by atoms with Crippen molar-refractivity contribution in [1.29, 1.82) is 0 Å². The largest absolute Gasteiger partial charge is 0.307 e. The van der Waals surface area contributed by atoms with Crippen molar-refractivity contribution in [2.75, 3.05) is 0 Å². The van der Waals surface area contributed by atoms with Gasteiger partial charge >= 0.3 is 0 Å². The van der Waals surface area contributed by atoms with Crippen LogP contribution in [0.3, 0.4) is 0 Å². The molecule has 0 aliphatic carbocycles. The van der Waals surface area contributed by atoms with Crippen LogP contribution in [0.5, 0.6) is 0 Å². The average molecular weight is 653 g/mol. The zero-order valence-electron chi connectivity index (χ0n) is 27.8. The molecule has 0 N–H and O–H groups in total. The van der Waals surface area contributed by atoms with Gasteiger partial charge in [0.2, 0.25) is 0 Å². The standard InChI is InChI=1S/C47H32N4/c1-4-14-32(15-5-1)30-48-47(34-17-6-2-7-18-34)49-31-50-43-29-36-20-11-10-19-35(36)28-41(43)39-25-26-40-44-38-23-13-12-16-33(38)24-27-42(44)51(46(40)45(39)50)37-21-8-3-9-22-37/h1-29,31H,30H2/b48-47-,49-31+. The summed E-state index contributed by atoms with van der Waals surface area (Å²) in [7, 11) is 0. The molecule has 10 rings (SSSR count). The summed E-state index contributed by atoms with van der Waals surface area (Å²) in [5, 5.41) is 9.71. The lowest BCUT2D eigenvalue weighted by Crippen LogP contribution is -2.04. The number of rotatable bonds is 5. The summed E-state index contributed by atoms with van der Waals surface area (Å²) in [6.45, 7) is 0.541. The minimum Gasteiger partial charge on any atom is -0.307 e. The minimum atomic E-state index is 0.541. The third-order valence-electron chi connectivity index (χ3n) is 10.0. The van der Waals surface area contributed by atoms with E-state index in [9.17, 15) is 0 Å². The normalized spacial score (nSPS) is 12.4. The molecule has 0 aliphatic heterocycles. The van der Waals surface area contributed by atoms with E-state index < -0.39 is 0 Å². The second-order valence-corrected chi connectivity index (χ2v) is 13.0. The van der Waals surface area contributed by atoms with Gasteiger partial charge in [-0.25, -0.2) is 4.99 Å². The molecule has 4 heteroatoms. The number of amidine groups is 1. The Morgan fingerprint density at radius 1 is 0.490 bits per heavy atom. The third-order valence-corrected chi connectivity index (χ3v) is 10.0. The van der Waals surface area contributed by atoms with E-state index in [2.05, 4.69) is 161 Å². The third kappa shape index (κ3) is 4.84. The molecule has 10 aromatic rings. The van der Waals surface area contributed by atoms with Crippen molar-refractivity contribution in [3.05, 3.63) is 187 Å². The number of aromatic nitrogens is 2. The SMILES string of the molecule is C(=N\C(=N/Cc1ccccc1)c1ccccc1)/n1c2cc3ccccc3cc2c2ccc3c4c5ccccc5ccc4n(-c4ccccc4)c3c21. The topological polar surface area (TPSA) is 34.6 Å². The predicted molar refractivity (Wildman–Crippen MR) is 216 cm³/mol. The Bertz CT molecular complexity index is 2970. The van der Waals surface area contributed by atoms with Crippen molar-refractivity contribution < 1.29 is 0 Å². The molecule has 0 bridgehead atoms. The molecule has 0 atom stereocenters. The van der Waals surface area contributed by atoms with Crippen molar-refractivity contribution in [2.45, 2.75) is 6.54 Å². The molecular weight excluding hydrogens is 621 g/mol. The van der Waals surface area contributed by atoms with Crippen LogP contribution in [0.2, 0.25) is 0 Å². The lowest BCUT2D eigenvalue weighted by molar-refractivity contribution is 1.06. The molecule has 0 aliphatic rings. The van der Waals surface area contributed by atoms with E-state index >= 15 is 0 Å². The van der Waals surface area contributed by atoms with E-state index in [1.54, 1.807) is 0 Å². The maximum atomic E-state index is 5.22. The second-order valence-electron chi connectivity index (χ2n) is 13.0. The van der Waals surface area contributed by atoms with Crippen molar-refractivity contribution >= 4 is 77.3 Å². The number of fused-ring (bicyclic) bond motifs is 10. The summed E-state index contributed by atoms with van der Waals surface area (Å²) >= 11 is 0. The highest BCUT2D eigenvalue weighted by molar-refractivity contribution is 6.29. The first-order valence-electron chi connectivity index (χ1n) is 17.4. The van der Waals surface area contributed by atoms with E-state index in [0.717, 1.165) is 33.4 Å². The average Bonchev–Trinajstić information content (AvgIpc) is 3.70. The Morgan fingerprint density at radius 3 is 1.92 bits per heavy atom. The number of benzene rings is 8. The monoisotopic (exact) mass is 652 g/mol. The van der Waals surface area contributed by atoms with E-state index in [0.29, 0.717) is 12.4 Å². The first-order valence-corrected chi connectivity index (χ1v) is 17.4. The molecule has 0 unspecified atom stereocenters. The van der Waals surface area contributed by atoms with Crippen LogP contribution in [0.1, 0.15) is 11.1 Å². The van der Waals surface area contributed by atoms with Crippen LogP contribution in [0.25, 0.3) is 70.8 Å². The van der Waals surface area contributed by atoms with E-state index in [4.69, 9.17) is 9.98 Å². The Balaban J connectivity index is 1.33. The van der Waals surface area contributed by atoms with Crippen molar-refractivity contribution in [3.8, 4) is 5.69 Å². The van der Waals surface area contributed by atoms with Gasteiger partial charge in [-0.15, -0.1) is 0 Å². The minimum absolute atomic E-state index is 0.541. The molecule has 8 aromatic carbocycles. The van der Waals surface area contributed by atoms with E-state index in [1.807, 2.05) is 30.6 Å². The summed E-state index contributed by atoms with van der Waals surface area (Å²) in [6, 6.07) is 62.4. The quantitative estimate of drug-likeness (QED) is 0.131. The molecule has 240 valence electrons. The van der Waals surface area contributed by atoms with Crippen molar-refractivity contribution in [2.24, 2.45) is 9.98 Å². The van der Waals surface area contributed by atoms with Crippen LogP contribution in [-0.4, -0.2) is 21.3 Å². The van der Waals surface area contributed by atoms with E-state index in [-0.39, 0.29) is 0 Å². The smallest absolute Gasteiger partial charge is 0.156 e. The number of hydrogen-bond donors (Lipinski definition) is 0. The van der Waals surface area contributed by atoms with Crippen LogP contribution in [-0.2, 0) is 6.54 Å². The van der Waals surface area contributed by atoms with Gasteiger partial charge in [0, 0.05) is 32.8 Å². The summed E-state index contributed by atoms with van der Waals surface area (Å²) in [6.07, 6.45) is 1.99. The molecular formula is C47H32N4. The van der Waals surface area contributed by atoms with Crippen molar-refractivity contribution in [1.82, 2.24) is 9.13 Å². The first-order chi connectivity index (χ1) is 25.3. The van der Waals surface area contributed by atoms with E-state index in [1.165, 1.54) is 48.6 Å². The highest BCUT2D eigenvalue weighted by Crippen LogP contribution is 2.43. The van der Waals surface area contributed by atoms with Gasteiger partial charge in [-0.1, -0.05) is 146 Å². The van der Waals surface area contributed by atoms with Crippen molar-refractivity contribution in [3.63, 3.8) is 0 Å². The number of nitrogens with zero attached hydrogens (tertiary/aromatic N) is 4. The molecule has 0 fully saturated rings. The predicted octanol–water partition coefficient (Wildman–Crippen LogP) is 11.7. The molecule has 51 heavy (non-hydrogen) atoms. The van der Waals surface area contributed by atoms with Gasteiger partial charge in [0.25, 0.3) is 0 Å². The van der Waals surface area contributed by atoms with Gasteiger partial charge in [0.05, 0.1) is 28.6 Å². The number of para-hydroxylation sites is 1. The zero-order chi connectivity index (χ0) is 33.7. The molecule has 0 saturated carbocycles. The van der Waals surface area contributed by atoms with Gasteiger partial charge in [0.1, 0.15) is 6.34 Å². The van der Waals surface area contributed by atoms with Crippen LogP contribution < -0.4 is 0 Å². The Morgan fingerprint density at radius 2 is 1.14 bits per heavy atom. The zero-order valence-corrected chi connectivity index (χ0v) is 27.8. The molecule has 4 nitrogen and oxygen atoms in total. The molecule has 0 amide bonds. The fraction of sp³-hybridized carbons (Fsp3) is 0.0213. The Kier molecular flexibility index (Phi) is 6.85. The van der Waals surface area contributed by atoms with Gasteiger partial charge in [-0.3, -0.25) is 9.56 Å². The van der Waals surface area contributed by atoms with Crippen LogP contribution in [0, 0.1) is 0 Å². The summed E-state index contributed by atoms with van der Waals surface area (Å²) in [4.78, 5) is 10.3. The Labute approximate surface area is 294 Å².